The average molecular weight is 311 g/mol. The Kier molecular flexibility index (Phi) is 4.39. The summed E-state index contributed by atoms with van der Waals surface area (Å²) < 4.78 is 36.2. The minimum absolute atomic E-state index is 0.421. The Hall–Kier alpha value is -1.24. The highest BCUT2D eigenvalue weighted by Crippen LogP contribution is 2.25. The van der Waals surface area contributed by atoms with Gasteiger partial charge in [-0.3, -0.25) is 0 Å². The third-order valence-electron chi connectivity index (χ3n) is 1.89. The van der Waals surface area contributed by atoms with Crippen molar-refractivity contribution < 1.29 is 18.0 Å². The molecule has 0 saturated carbocycles. The lowest BCUT2D eigenvalue weighted by atomic mass is 10.2. The number of urea groups is 1. The molecule has 0 spiro atoms. The summed E-state index contributed by atoms with van der Waals surface area (Å²) in [6, 6.07) is 4.20. The number of nitrogens with one attached hydrogen (secondary N) is 2. The Morgan fingerprint density at radius 2 is 2.06 bits per heavy atom. The van der Waals surface area contributed by atoms with E-state index in [0.717, 1.165) is 5.56 Å². The van der Waals surface area contributed by atoms with Crippen molar-refractivity contribution in [1.29, 1.82) is 0 Å². The molecule has 0 aliphatic heterocycles. The second-order valence-corrected chi connectivity index (χ2v) is 4.15. The van der Waals surface area contributed by atoms with Crippen molar-refractivity contribution in [2.75, 3.05) is 11.9 Å². The van der Waals surface area contributed by atoms with E-state index in [1.54, 1.807) is 17.4 Å². The van der Waals surface area contributed by atoms with Gasteiger partial charge < -0.3 is 10.6 Å². The van der Waals surface area contributed by atoms with Crippen LogP contribution in [0, 0.1) is 6.92 Å². The van der Waals surface area contributed by atoms with E-state index in [9.17, 15) is 18.0 Å². The highest BCUT2D eigenvalue weighted by Gasteiger charge is 2.27. The number of carbonyl (C=O) groups excluding carboxylic acids is 1. The molecule has 0 fully saturated rings. The van der Waals surface area contributed by atoms with Crippen LogP contribution < -0.4 is 10.6 Å². The molecule has 3 nitrogen and oxygen atoms in total. The van der Waals surface area contributed by atoms with Gasteiger partial charge in [0.25, 0.3) is 0 Å². The Morgan fingerprint density at radius 1 is 1.41 bits per heavy atom. The number of benzene rings is 1. The first-order valence-corrected chi connectivity index (χ1v) is 5.45. The van der Waals surface area contributed by atoms with Gasteiger partial charge >= 0.3 is 12.2 Å². The molecule has 1 aromatic rings. The minimum atomic E-state index is -4.42. The number of amides is 2. The van der Waals surface area contributed by atoms with Gasteiger partial charge in [0.15, 0.2) is 0 Å². The van der Waals surface area contributed by atoms with Crippen LogP contribution in [0.2, 0.25) is 0 Å². The summed E-state index contributed by atoms with van der Waals surface area (Å²) in [5.74, 6) is 0. The van der Waals surface area contributed by atoms with E-state index in [0.29, 0.717) is 10.2 Å². The van der Waals surface area contributed by atoms with Crippen molar-refractivity contribution in [2.24, 2.45) is 0 Å². The molecule has 1 aromatic carbocycles. The lowest BCUT2D eigenvalue weighted by Crippen LogP contribution is -2.36. The summed E-state index contributed by atoms with van der Waals surface area (Å²) >= 11 is 3.23. The van der Waals surface area contributed by atoms with Gasteiger partial charge in [0, 0.05) is 4.47 Å². The van der Waals surface area contributed by atoms with Crippen molar-refractivity contribution in [3.05, 3.63) is 28.2 Å². The molecule has 0 radical (unpaired) electrons. The topological polar surface area (TPSA) is 41.1 Å². The van der Waals surface area contributed by atoms with Gasteiger partial charge in [0.05, 0.1) is 5.69 Å². The van der Waals surface area contributed by atoms with Crippen LogP contribution >= 0.6 is 15.9 Å². The summed E-state index contributed by atoms with van der Waals surface area (Å²) in [7, 11) is 0. The molecule has 0 aliphatic carbocycles. The summed E-state index contributed by atoms with van der Waals surface area (Å²) in [6.45, 7) is 0.450. The monoisotopic (exact) mass is 310 g/mol. The maximum Gasteiger partial charge on any atom is 0.405 e. The fourth-order valence-corrected chi connectivity index (χ4v) is 1.45. The highest BCUT2D eigenvalue weighted by molar-refractivity contribution is 9.10. The summed E-state index contributed by atoms with van der Waals surface area (Å²) in [4.78, 5) is 11.2. The van der Waals surface area contributed by atoms with Crippen LogP contribution in [-0.2, 0) is 0 Å². The second kappa shape index (κ2) is 5.39. The molecule has 0 unspecified atom stereocenters. The zero-order chi connectivity index (χ0) is 13.1. The quantitative estimate of drug-likeness (QED) is 0.863. The standard InChI is InChI=1S/C10H10BrF3N2O/c1-6-3-2-4-7(8(6)11)16-9(17)15-5-10(12,13)14/h2-4H,5H2,1H3,(H2,15,16,17). The number of hydrogen-bond acceptors (Lipinski definition) is 1. The normalized spacial score (nSPS) is 11.1. The van der Waals surface area contributed by atoms with Crippen molar-refractivity contribution in [3.8, 4) is 0 Å². The molecule has 2 N–H and O–H groups in total. The summed E-state index contributed by atoms with van der Waals surface area (Å²) in [5, 5.41) is 4.05. The first kappa shape index (κ1) is 13.8. The number of carbonyl (C=O) groups is 1. The molecule has 0 saturated heterocycles. The van der Waals surface area contributed by atoms with E-state index in [2.05, 4.69) is 21.2 Å². The van der Waals surface area contributed by atoms with Crippen LogP contribution in [0.3, 0.4) is 0 Å². The minimum Gasteiger partial charge on any atom is -0.329 e. The van der Waals surface area contributed by atoms with Crippen molar-refractivity contribution in [1.82, 2.24) is 5.32 Å². The van der Waals surface area contributed by atoms with Crippen molar-refractivity contribution in [3.63, 3.8) is 0 Å². The average Bonchev–Trinajstić information content (AvgIpc) is 2.21. The zero-order valence-corrected chi connectivity index (χ0v) is 10.4. The molecule has 17 heavy (non-hydrogen) atoms. The van der Waals surface area contributed by atoms with Gasteiger partial charge in [0.2, 0.25) is 0 Å². The van der Waals surface area contributed by atoms with E-state index >= 15 is 0 Å². The molecule has 2 amide bonds. The van der Waals surface area contributed by atoms with Gasteiger partial charge in [-0.2, -0.15) is 13.2 Å². The van der Waals surface area contributed by atoms with E-state index in [1.165, 1.54) is 0 Å². The molecule has 0 bridgehead atoms. The number of halogens is 4. The van der Waals surface area contributed by atoms with Crippen molar-refractivity contribution in [2.45, 2.75) is 13.1 Å². The zero-order valence-electron chi connectivity index (χ0n) is 8.86. The fourth-order valence-electron chi connectivity index (χ4n) is 1.09. The van der Waals surface area contributed by atoms with Gasteiger partial charge in [0.1, 0.15) is 6.54 Å². The molecule has 0 aromatic heterocycles. The molecule has 7 heteroatoms. The van der Waals surface area contributed by atoms with Crippen LogP contribution in [0.4, 0.5) is 23.7 Å². The fraction of sp³-hybridized carbons (Fsp3) is 0.300. The first-order chi connectivity index (χ1) is 7.79. The molecule has 0 aliphatic rings. The Balaban J connectivity index is 2.60. The largest absolute Gasteiger partial charge is 0.405 e. The SMILES string of the molecule is Cc1cccc(NC(=O)NCC(F)(F)F)c1Br. The Labute approximate surface area is 105 Å². The summed E-state index contributed by atoms with van der Waals surface area (Å²) in [6.07, 6.45) is -4.42. The Bertz CT molecular complexity index is 421. The number of hydrogen-bond donors (Lipinski definition) is 2. The number of rotatable bonds is 2. The smallest absolute Gasteiger partial charge is 0.329 e. The predicted molar refractivity (Wildman–Crippen MR) is 62.0 cm³/mol. The number of anilines is 1. The van der Waals surface area contributed by atoms with Gasteiger partial charge in [-0.05, 0) is 34.5 Å². The Morgan fingerprint density at radius 3 is 2.65 bits per heavy atom. The molecule has 0 heterocycles. The van der Waals surface area contributed by atoms with Crippen molar-refractivity contribution >= 4 is 27.6 Å². The van der Waals surface area contributed by atoms with Crippen LogP contribution in [0.5, 0.6) is 0 Å². The molecule has 0 atom stereocenters. The lowest BCUT2D eigenvalue weighted by molar-refractivity contribution is -0.122. The number of alkyl halides is 3. The van der Waals surface area contributed by atoms with Gasteiger partial charge in [-0.25, -0.2) is 4.79 Å². The van der Waals surface area contributed by atoms with E-state index < -0.39 is 18.8 Å². The maximum atomic E-state index is 11.8. The first-order valence-electron chi connectivity index (χ1n) is 4.66. The van der Waals surface area contributed by atoms with Crippen LogP contribution in [0.15, 0.2) is 22.7 Å². The second-order valence-electron chi connectivity index (χ2n) is 3.36. The van der Waals surface area contributed by atoms with E-state index in [1.807, 2.05) is 13.0 Å². The van der Waals surface area contributed by atoms with Crippen LogP contribution in [0.25, 0.3) is 0 Å². The molecular formula is C10H10BrF3N2O. The maximum absolute atomic E-state index is 11.8. The van der Waals surface area contributed by atoms with E-state index in [-0.39, 0.29) is 0 Å². The van der Waals surface area contributed by atoms with Crippen LogP contribution in [-0.4, -0.2) is 18.8 Å². The molecule has 94 valence electrons. The van der Waals surface area contributed by atoms with E-state index in [4.69, 9.17) is 0 Å². The third kappa shape index (κ3) is 4.64. The van der Waals surface area contributed by atoms with Gasteiger partial charge in [-0.1, -0.05) is 12.1 Å². The lowest BCUT2D eigenvalue weighted by Gasteiger charge is -2.11. The summed E-state index contributed by atoms with van der Waals surface area (Å²) in [5.41, 5.74) is 1.29. The molecule has 1 rings (SSSR count). The number of aryl methyl sites for hydroxylation is 1. The molecular weight excluding hydrogens is 301 g/mol. The van der Waals surface area contributed by atoms with Gasteiger partial charge in [-0.15, -0.1) is 0 Å². The third-order valence-corrected chi connectivity index (χ3v) is 2.94. The van der Waals surface area contributed by atoms with Crippen LogP contribution in [0.1, 0.15) is 5.56 Å². The highest BCUT2D eigenvalue weighted by atomic mass is 79.9. The predicted octanol–water partition coefficient (Wildman–Crippen LogP) is 3.44.